The summed E-state index contributed by atoms with van der Waals surface area (Å²) in [5.41, 5.74) is -1.37. The molecule has 0 aromatic heterocycles. The highest BCUT2D eigenvalue weighted by Crippen LogP contribution is 2.35. The summed E-state index contributed by atoms with van der Waals surface area (Å²) in [5, 5.41) is 2.25. The second-order valence-electron chi connectivity index (χ2n) is 5.57. The fourth-order valence-electron chi connectivity index (χ4n) is 2.19. The fraction of sp³-hybridized carbons (Fsp3) is 0.500. The first-order chi connectivity index (χ1) is 11.3. The third-order valence-electron chi connectivity index (χ3n) is 3.60. The number of hydrogen-bond donors (Lipinski definition) is 1. The van der Waals surface area contributed by atoms with Crippen molar-refractivity contribution in [2.45, 2.75) is 25.1 Å². The Morgan fingerprint density at radius 3 is 2.54 bits per heavy atom. The number of alkyl halides is 3. The normalized spacial score (nSPS) is 15.7. The zero-order valence-corrected chi connectivity index (χ0v) is 13.1. The van der Waals surface area contributed by atoms with Crippen molar-refractivity contribution in [3.05, 3.63) is 35.4 Å². The molecule has 0 bridgehead atoms. The lowest BCUT2D eigenvalue weighted by atomic mass is 9.99. The van der Waals surface area contributed by atoms with Crippen molar-refractivity contribution in [2.75, 3.05) is 20.3 Å². The average Bonchev–Trinajstić information content (AvgIpc) is 3.35. The first-order valence-electron chi connectivity index (χ1n) is 7.44. The molecule has 1 amide bonds. The van der Waals surface area contributed by atoms with E-state index in [1.807, 2.05) is 0 Å². The Morgan fingerprint density at radius 2 is 1.96 bits per heavy atom. The summed E-state index contributed by atoms with van der Waals surface area (Å²) in [6.45, 7) is 0.105. The van der Waals surface area contributed by atoms with E-state index in [2.05, 4.69) is 10.1 Å². The van der Waals surface area contributed by atoms with Crippen LogP contribution in [-0.4, -0.2) is 32.2 Å². The third-order valence-corrected chi connectivity index (χ3v) is 3.60. The number of carbonyl (C=O) groups excluding carboxylic acids is 2. The molecule has 1 aromatic carbocycles. The number of benzene rings is 1. The van der Waals surface area contributed by atoms with Gasteiger partial charge >= 0.3 is 12.1 Å². The number of amides is 1. The van der Waals surface area contributed by atoms with Gasteiger partial charge in [-0.1, -0.05) is 18.2 Å². The largest absolute Gasteiger partial charge is 0.467 e. The summed E-state index contributed by atoms with van der Waals surface area (Å²) in [7, 11) is 1.04. The van der Waals surface area contributed by atoms with Crippen LogP contribution in [0.15, 0.2) is 24.3 Å². The molecule has 1 aromatic rings. The van der Waals surface area contributed by atoms with Gasteiger partial charge in [-0.05, 0) is 30.4 Å². The molecule has 1 atom stereocenters. The zero-order chi connectivity index (χ0) is 17.7. The van der Waals surface area contributed by atoms with Gasteiger partial charge in [0.15, 0.2) is 6.04 Å². The van der Waals surface area contributed by atoms with Gasteiger partial charge in [0.2, 0.25) is 5.91 Å². The minimum Gasteiger partial charge on any atom is -0.467 e. The lowest BCUT2D eigenvalue weighted by Gasteiger charge is -2.21. The van der Waals surface area contributed by atoms with Crippen molar-refractivity contribution >= 4 is 11.9 Å². The Labute approximate surface area is 137 Å². The number of hydrogen-bond acceptors (Lipinski definition) is 4. The molecule has 1 aliphatic rings. The molecule has 0 heterocycles. The molecule has 1 fully saturated rings. The number of ether oxygens (including phenoxy) is 2. The predicted molar refractivity (Wildman–Crippen MR) is 77.9 cm³/mol. The Hall–Kier alpha value is -2.09. The first kappa shape index (κ1) is 18.3. The molecule has 5 nitrogen and oxygen atoms in total. The van der Waals surface area contributed by atoms with E-state index in [4.69, 9.17) is 4.74 Å². The summed E-state index contributed by atoms with van der Waals surface area (Å²) in [6.07, 6.45) is -2.56. The zero-order valence-electron chi connectivity index (χ0n) is 13.1. The fourth-order valence-corrected chi connectivity index (χ4v) is 2.19. The SMILES string of the molecule is COC(=O)C(NC(=O)COCC1CC1)c1ccccc1C(F)(F)F. The first-order valence-corrected chi connectivity index (χ1v) is 7.44. The summed E-state index contributed by atoms with van der Waals surface area (Å²) in [4.78, 5) is 23.8. The van der Waals surface area contributed by atoms with Gasteiger partial charge in [-0.15, -0.1) is 0 Å². The van der Waals surface area contributed by atoms with Crippen LogP contribution in [-0.2, 0) is 25.2 Å². The van der Waals surface area contributed by atoms with Crippen molar-refractivity contribution in [3.8, 4) is 0 Å². The van der Waals surface area contributed by atoms with Gasteiger partial charge in [-0.25, -0.2) is 4.79 Å². The summed E-state index contributed by atoms with van der Waals surface area (Å²) < 4.78 is 49.1. The summed E-state index contributed by atoms with van der Waals surface area (Å²) >= 11 is 0. The van der Waals surface area contributed by atoms with Gasteiger partial charge in [0.1, 0.15) is 6.61 Å². The van der Waals surface area contributed by atoms with Crippen LogP contribution in [0.2, 0.25) is 0 Å². The monoisotopic (exact) mass is 345 g/mol. The van der Waals surface area contributed by atoms with E-state index < -0.39 is 29.7 Å². The summed E-state index contributed by atoms with van der Waals surface area (Å²) in [5.74, 6) is -1.22. The van der Waals surface area contributed by atoms with Gasteiger partial charge < -0.3 is 14.8 Å². The number of nitrogens with one attached hydrogen (secondary N) is 1. The van der Waals surface area contributed by atoms with E-state index in [-0.39, 0.29) is 12.2 Å². The van der Waals surface area contributed by atoms with Crippen LogP contribution in [0, 0.1) is 5.92 Å². The highest BCUT2D eigenvalue weighted by atomic mass is 19.4. The Kier molecular flexibility index (Phi) is 5.82. The highest BCUT2D eigenvalue weighted by molar-refractivity contribution is 5.86. The van der Waals surface area contributed by atoms with Gasteiger partial charge in [0.25, 0.3) is 0 Å². The number of methoxy groups -OCH3 is 1. The maximum atomic E-state index is 13.1. The van der Waals surface area contributed by atoms with Crippen LogP contribution in [0.5, 0.6) is 0 Å². The van der Waals surface area contributed by atoms with Crippen molar-refractivity contribution in [1.82, 2.24) is 5.32 Å². The topological polar surface area (TPSA) is 64.6 Å². The minimum atomic E-state index is -4.66. The number of halogens is 3. The molecule has 1 aliphatic carbocycles. The molecular formula is C16H18F3NO4. The molecular weight excluding hydrogens is 327 g/mol. The lowest BCUT2D eigenvalue weighted by Crippen LogP contribution is -2.37. The van der Waals surface area contributed by atoms with E-state index in [9.17, 15) is 22.8 Å². The number of rotatable bonds is 7. The Bertz CT molecular complexity index is 599. The van der Waals surface area contributed by atoms with E-state index in [1.54, 1.807) is 0 Å². The van der Waals surface area contributed by atoms with Crippen LogP contribution >= 0.6 is 0 Å². The Morgan fingerprint density at radius 1 is 1.29 bits per heavy atom. The molecule has 24 heavy (non-hydrogen) atoms. The van der Waals surface area contributed by atoms with Crippen molar-refractivity contribution in [1.29, 1.82) is 0 Å². The van der Waals surface area contributed by atoms with Crippen LogP contribution in [0.25, 0.3) is 0 Å². The van der Waals surface area contributed by atoms with Gasteiger partial charge in [0.05, 0.1) is 19.3 Å². The van der Waals surface area contributed by atoms with Gasteiger partial charge in [-0.2, -0.15) is 13.2 Å². The van der Waals surface area contributed by atoms with Crippen LogP contribution < -0.4 is 5.32 Å². The van der Waals surface area contributed by atoms with E-state index >= 15 is 0 Å². The number of esters is 1. The smallest absolute Gasteiger partial charge is 0.416 e. The van der Waals surface area contributed by atoms with E-state index in [0.29, 0.717) is 12.5 Å². The molecule has 2 rings (SSSR count). The maximum absolute atomic E-state index is 13.1. The standard InChI is InChI=1S/C16H18F3NO4/c1-23-15(22)14(20-13(21)9-24-8-10-6-7-10)11-4-2-3-5-12(11)16(17,18)19/h2-5,10,14H,6-9H2,1H3,(H,20,21). The second kappa shape index (κ2) is 7.65. The molecule has 0 saturated heterocycles. The number of carbonyl (C=O) groups is 2. The molecule has 0 spiro atoms. The molecule has 8 heteroatoms. The van der Waals surface area contributed by atoms with Crippen LogP contribution in [0.3, 0.4) is 0 Å². The lowest BCUT2D eigenvalue weighted by molar-refractivity contribution is -0.147. The molecule has 1 N–H and O–H groups in total. The van der Waals surface area contributed by atoms with Crippen LogP contribution in [0.1, 0.15) is 30.0 Å². The van der Waals surface area contributed by atoms with Crippen molar-refractivity contribution < 1.29 is 32.2 Å². The molecule has 132 valence electrons. The Balaban J connectivity index is 2.13. The second-order valence-corrected chi connectivity index (χ2v) is 5.57. The predicted octanol–water partition coefficient (Wildman–Crippen LogP) is 2.46. The molecule has 0 aliphatic heterocycles. The summed E-state index contributed by atoms with van der Waals surface area (Å²) in [6, 6.07) is 3.00. The molecule has 0 radical (unpaired) electrons. The maximum Gasteiger partial charge on any atom is 0.416 e. The van der Waals surface area contributed by atoms with Crippen LogP contribution in [0.4, 0.5) is 13.2 Å². The molecule has 1 saturated carbocycles. The van der Waals surface area contributed by atoms with Crippen molar-refractivity contribution in [3.63, 3.8) is 0 Å². The van der Waals surface area contributed by atoms with Crippen molar-refractivity contribution in [2.24, 2.45) is 5.92 Å². The van der Waals surface area contributed by atoms with E-state index in [1.165, 1.54) is 12.1 Å². The quantitative estimate of drug-likeness (QED) is 0.771. The van der Waals surface area contributed by atoms with Gasteiger partial charge in [-0.3, -0.25) is 4.79 Å². The van der Waals surface area contributed by atoms with Gasteiger partial charge in [0, 0.05) is 0 Å². The van der Waals surface area contributed by atoms with E-state index in [0.717, 1.165) is 32.1 Å². The highest BCUT2D eigenvalue weighted by Gasteiger charge is 2.37. The minimum absolute atomic E-state index is 0.321. The average molecular weight is 345 g/mol. The molecule has 1 unspecified atom stereocenters. The third kappa shape index (κ3) is 4.95.